The van der Waals surface area contributed by atoms with E-state index in [1.54, 1.807) is 7.11 Å². The van der Waals surface area contributed by atoms with Crippen molar-refractivity contribution in [3.8, 4) is 0 Å². The zero-order valence-electron chi connectivity index (χ0n) is 13.6. The molecule has 0 radical (unpaired) electrons. The maximum Gasteiger partial charge on any atom is 0.231 e. The minimum Gasteiger partial charge on any atom is -0.379 e. The molecule has 1 fully saturated rings. The Bertz CT molecular complexity index is 683. The molecule has 0 aliphatic carbocycles. The predicted octanol–water partition coefficient (Wildman–Crippen LogP) is 2.58. The summed E-state index contributed by atoms with van der Waals surface area (Å²) in [4.78, 5) is 17.0. The number of rotatable bonds is 5. The Morgan fingerprint density at radius 2 is 2.17 bits per heavy atom. The van der Waals surface area contributed by atoms with Gasteiger partial charge in [0.05, 0.1) is 17.5 Å². The van der Waals surface area contributed by atoms with Crippen molar-refractivity contribution in [3.05, 3.63) is 36.4 Å². The van der Waals surface area contributed by atoms with Gasteiger partial charge in [-0.1, -0.05) is 25.1 Å². The van der Waals surface area contributed by atoms with Crippen molar-refractivity contribution < 1.29 is 9.53 Å². The number of carbonyl (C=O) groups excluding carboxylic acids is 1. The van der Waals surface area contributed by atoms with Gasteiger partial charge in [0.15, 0.2) is 0 Å². The lowest BCUT2D eigenvalue weighted by molar-refractivity contribution is -0.124. The molecule has 122 valence electrons. The number of amides is 1. The molecule has 2 heterocycles. The number of carbonyl (C=O) groups is 1. The van der Waals surface area contributed by atoms with Crippen LogP contribution in [0.15, 0.2) is 36.4 Å². The first-order valence-electron chi connectivity index (χ1n) is 8.12. The quantitative estimate of drug-likeness (QED) is 0.890. The van der Waals surface area contributed by atoms with E-state index in [0.29, 0.717) is 5.82 Å². The van der Waals surface area contributed by atoms with E-state index in [1.807, 2.05) is 43.3 Å². The largest absolute Gasteiger partial charge is 0.379 e. The summed E-state index contributed by atoms with van der Waals surface area (Å²) < 4.78 is 5.58. The summed E-state index contributed by atoms with van der Waals surface area (Å²) in [6.07, 6.45) is 2.05. The molecule has 1 amide bonds. The second kappa shape index (κ2) is 7.06. The number of hydrogen-bond acceptors (Lipinski definition) is 4. The standard InChI is InChI=1S/C18H23N3O2/c1-12(17(23-2)15-8-5-11-19-15)18(22)21-16-10-9-13-6-3-4-7-14(13)20-16/h3-4,6-7,9-10,12,15,17,19H,5,8,11H2,1-2H3,(H,20,21,22). The molecule has 5 nitrogen and oxygen atoms in total. The fraction of sp³-hybridized carbons (Fsp3) is 0.444. The number of ether oxygens (including phenoxy) is 1. The van der Waals surface area contributed by atoms with Crippen molar-refractivity contribution in [1.82, 2.24) is 10.3 Å². The molecule has 1 aromatic heterocycles. The number of fused-ring (bicyclic) bond motifs is 1. The zero-order chi connectivity index (χ0) is 16.2. The number of methoxy groups -OCH3 is 1. The third-order valence-electron chi connectivity index (χ3n) is 4.52. The van der Waals surface area contributed by atoms with E-state index in [1.165, 1.54) is 0 Å². The van der Waals surface area contributed by atoms with E-state index in [-0.39, 0.29) is 24.0 Å². The predicted molar refractivity (Wildman–Crippen MR) is 91.4 cm³/mol. The molecular weight excluding hydrogens is 290 g/mol. The van der Waals surface area contributed by atoms with Crippen LogP contribution >= 0.6 is 0 Å². The van der Waals surface area contributed by atoms with Gasteiger partial charge in [0.1, 0.15) is 5.82 Å². The van der Waals surface area contributed by atoms with E-state index in [4.69, 9.17) is 4.74 Å². The van der Waals surface area contributed by atoms with Crippen LogP contribution in [0.4, 0.5) is 5.82 Å². The Hall–Kier alpha value is -1.98. The number of hydrogen-bond donors (Lipinski definition) is 2. The maximum atomic E-state index is 12.5. The molecule has 3 atom stereocenters. The molecule has 0 spiro atoms. The molecule has 3 unspecified atom stereocenters. The van der Waals surface area contributed by atoms with Crippen LogP contribution in [0, 0.1) is 5.92 Å². The zero-order valence-corrected chi connectivity index (χ0v) is 13.6. The van der Waals surface area contributed by atoms with Gasteiger partial charge in [-0.25, -0.2) is 4.98 Å². The fourth-order valence-electron chi connectivity index (χ4n) is 3.23. The molecule has 23 heavy (non-hydrogen) atoms. The van der Waals surface area contributed by atoms with E-state index >= 15 is 0 Å². The summed E-state index contributed by atoms with van der Waals surface area (Å²) in [6, 6.07) is 11.9. The first-order chi connectivity index (χ1) is 11.2. The normalized spacial score (nSPS) is 20.3. The molecule has 0 saturated carbocycles. The van der Waals surface area contributed by atoms with Gasteiger partial charge < -0.3 is 15.4 Å². The van der Waals surface area contributed by atoms with E-state index < -0.39 is 0 Å². The van der Waals surface area contributed by atoms with E-state index in [0.717, 1.165) is 30.3 Å². The molecule has 2 aromatic rings. The maximum absolute atomic E-state index is 12.5. The second-order valence-corrected chi connectivity index (χ2v) is 6.07. The van der Waals surface area contributed by atoms with Gasteiger partial charge in [-0.05, 0) is 37.6 Å². The third-order valence-corrected chi connectivity index (χ3v) is 4.52. The summed E-state index contributed by atoms with van der Waals surface area (Å²) >= 11 is 0. The number of nitrogens with zero attached hydrogens (tertiary/aromatic N) is 1. The Balaban J connectivity index is 1.71. The van der Waals surface area contributed by atoms with Gasteiger partial charge in [0.2, 0.25) is 5.91 Å². The van der Waals surface area contributed by atoms with E-state index in [9.17, 15) is 4.79 Å². The Morgan fingerprint density at radius 3 is 2.91 bits per heavy atom. The van der Waals surface area contributed by atoms with Crippen molar-refractivity contribution in [2.75, 3.05) is 19.0 Å². The van der Waals surface area contributed by atoms with Gasteiger partial charge in [-0.2, -0.15) is 0 Å². The highest BCUT2D eigenvalue weighted by atomic mass is 16.5. The molecule has 1 aliphatic heterocycles. The minimum atomic E-state index is -0.246. The molecule has 5 heteroatoms. The number of pyridine rings is 1. The summed E-state index contributed by atoms with van der Waals surface area (Å²) in [5.41, 5.74) is 0.874. The van der Waals surface area contributed by atoms with Crippen molar-refractivity contribution in [2.45, 2.75) is 31.9 Å². The molecular formula is C18H23N3O2. The molecule has 1 saturated heterocycles. The summed E-state index contributed by atoms with van der Waals surface area (Å²) in [5.74, 6) is 0.270. The molecule has 2 N–H and O–H groups in total. The SMILES string of the molecule is COC(C1CCCN1)C(C)C(=O)Nc1ccc2ccccc2n1. The monoisotopic (exact) mass is 313 g/mol. The third kappa shape index (κ3) is 3.51. The van der Waals surface area contributed by atoms with Crippen LogP contribution in [-0.2, 0) is 9.53 Å². The average Bonchev–Trinajstić information content (AvgIpc) is 3.09. The highest BCUT2D eigenvalue weighted by molar-refractivity contribution is 5.93. The molecule has 1 aromatic carbocycles. The van der Waals surface area contributed by atoms with Gasteiger partial charge in [-0.3, -0.25) is 4.79 Å². The Kier molecular flexibility index (Phi) is 4.88. The summed E-state index contributed by atoms with van der Waals surface area (Å²) in [6.45, 7) is 2.90. The number of nitrogens with one attached hydrogen (secondary N) is 2. The summed E-state index contributed by atoms with van der Waals surface area (Å²) in [7, 11) is 1.67. The number of aromatic nitrogens is 1. The lowest BCUT2D eigenvalue weighted by Gasteiger charge is -2.27. The highest BCUT2D eigenvalue weighted by Crippen LogP contribution is 2.21. The number of benzene rings is 1. The van der Waals surface area contributed by atoms with E-state index in [2.05, 4.69) is 15.6 Å². The fourth-order valence-corrected chi connectivity index (χ4v) is 3.23. The van der Waals surface area contributed by atoms with Crippen LogP contribution in [0.5, 0.6) is 0 Å². The van der Waals surface area contributed by atoms with Crippen molar-refractivity contribution in [2.24, 2.45) is 5.92 Å². The highest BCUT2D eigenvalue weighted by Gasteiger charge is 2.33. The van der Waals surface area contributed by atoms with Gasteiger partial charge in [-0.15, -0.1) is 0 Å². The van der Waals surface area contributed by atoms with Crippen LogP contribution in [0.2, 0.25) is 0 Å². The molecule has 1 aliphatic rings. The van der Waals surface area contributed by atoms with Crippen LogP contribution in [-0.4, -0.2) is 36.7 Å². The smallest absolute Gasteiger partial charge is 0.231 e. The van der Waals surface area contributed by atoms with Gasteiger partial charge in [0.25, 0.3) is 0 Å². The number of para-hydroxylation sites is 1. The average molecular weight is 313 g/mol. The van der Waals surface area contributed by atoms with Crippen molar-refractivity contribution >= 4 is 22.6 Å². The topological polar surface area (TPSA) is 63.2 Å². The second-order valence-electron chi connectivity index (χ2n) is 6.07. The van der Waals surface area contributed by atoms with Crippen molar-refractivity contribution in [1.29, 1.82) is 0 Å². The lowest BCUT2D eigenvalue weighted by atomic mass is 9.95. The minimum absolute atomic E-state index is 0.0617. The first-order valence-corrected chi connectivity index (χ1v) is 8.12. The van der Waals surface area contributed by atoms with Gasteiger partial charge in [0, 0.05) is 18.5 Å². The van der Waals surface area contributed by atoms with Crippen LogP contribution < -0.4 is 10.6 Å². The number of anilines is 1. The van der Waals surface area contributed by atoms with Crippen LogP contribution in [0.3, 0.4) is 0 Å². The molecule has 0 bridgehead atoms. The van der Waals surface area contributed by atoms with Crippen LogP contribution in [0.25, 0.3) is 10.9 Å². The Labute approximate surface area is 136 Å². The van der Waals surface area contributed by atoms with Crippen LogP contribution in [0.1, 0.15) is 19.8 Å². The van der Waals surface area contributed by atoms with Gasteiger partial charge >= 0.3 is 0 Å². The Morgan fingerprint density at radius 1 is 1.35 bits per heavy atom. The molecule has 3 rings (SSSR count). The summed E-state index contributed by atoms with van der Waals surface area (Å²) in [5, 5.41) is 7.38. The lowest BCUT2D eigenvalue weighted by Crippen LogP contribution is -2.44. The van der Waals surface area contributed by atoms with Crippen molar-refractivity contribution in [3.63, 3.8) is 0 Å². The first kappa shape index (κ1) is 15.9.